The van der Waals surface area contributed by atoms with Gasteiger partial charge in [-0.15, -0.1) is 0 Å². The van der Waals surface area contributed by atoms with E-state index >= 15 is 0 Å². The maximum Gasteiger partial charge on any atom is -0.0215 e. The SMILES string of the molecule is CCC1(C(C)C)C2CCC21. The number of hydrogen-bond donors (Lipinski definition) is 0. The van der Waals surface area contributed by atoms with E-state index in [2.05, 4.69) is 20.8 Å². The quantitative estimate of drug-likeness (QED) is 0.550. The number of hydrogen-bond acceptors (Lipinski definition) is 0. The van der Waals surface area contributed by atoms with Crippen molar-refractivity contribution in [2.24, 2.45) is 23.2 Å². The normalized spacial score (nSPS) is 50.4. The molecule has 0 aliphatic heterocycles. The molecule has 0 radical (unpaired) electrons. The fourth-order valence-corrected chi connectivity index (χ4v) is 3.46. The third-order valence-electron chi connectivity index (χ3n) is 4.23. The monoisotopic (exact) mass is 138 g/mol. The standard InChI is InChI=1S/C10H18/c1-4-10(7(2)3)8-5-6-9(8)10/h7-9H,4-6H2,1-3H3. The molecule has 0 aromatic rings. The molecule has 2 unspecified atom stereocenters. The summed E-state index contributed by atoms with van der Waals surface area (Å²) in [5, 5.41) is 0. The van der Waals surface area contributed by atoms with Crippen LogP contribution in [0.25, 0.3) is 0 Å². The molecule has 0 heteroatoms. The van der Waals surface area contributed by atoms with Crippen molar-refractivity contribution in [3.63, 3.8) is 0 Å². The van der Waals surface area contributed by atoms with E-state index in [4.69, 9.17) is 0 Å². The van der Waals surface area contributed by atoms with Crippen molar-refractivity contribution < 1.29 is 0 Å². The summed E-state index contributed by atoms with van der Waals surface area (Å²) >= 11 is 0. The first-order valence-electron chi connectivity index (χ1n) is 4.73. The molecular formula is C10H18. The molecule has 0 aromatic carbocycles. The predicted octanol–water partition coefficient (Wildman–Crippen LogP) is 3.08. The van der Waals surface area contributed by atoms with Crippen LogP contribution in [-0.4, -0.2) is 0 Å². The molecule has 2 aliphatic rings. The van der Waals surface area contributed by atoms with Crippen LogP contribution in [0.3, 0.4) is 0 Å². The van der Waals surface area contributed by atoms with Crippen LogP contribution in [0.15, 0.2) is 0 Å². The first-order chi connectivity index (χ1) is 4.73. The topological polar surface area (TPSA) is 0 Å². The second kappa shape index (κ2) is 1.78. The molecule has 0 amide bonds. The summed E-state index contributed by atoms with van der Waals surface area (Å²) in [7, 11) is 0. The van der Waals surface area contributed by atoms with Crippen LogP contribution in [0, 0.1) is 23.2 Å². The maximum atomic E-state index is 2.40. The first-order valence-corrected chi connectivity index (χ1v) is 4.73. The zero-order chi connectivity index (χ0) is 7.35. The lowest BCUT2D eigenvalue weighted by molar-refractivity contribution is 0.315. The zero-order valence-electron chi connectivity index (χ0n) is 7.35. The average molecular weight is 138 g/mol. The minimum atomic E-state index is 0.819. The van der Waals surface area contributed by atoms with E-state index in [0.29, 0.717) is 0 Å². The van der Waals surface area contributed by atoms with Crippen molar-refractivity contribution in [1.82, 2.24) is 0 Å². The van der Waals surface area contributed by atoms with Gasteiger partial charge in [0.15, 0.2) is 0 Å². The molecule has 2 rings (SSSR count). The van der Waals surface area contributed by atoms with Crippen molar-refractivity contribution in [3.05, 3.63) is 0 Å². The highest BCUT2D eigenvalue weighted by Gasteiger charge is 2.68. The van der Waals surface area contributed by atoms with E-state index in [9.17, 15) is 0 Å². The van der Waals surface area contributed by atoms with Gasteiger partial charge in [-0.3, -0.25) is 0 Å². The average Bonchev–Trinajstić information content (AvgIpc) is 2.29. The largest absolute Gasteiger partial charge is 0.0648 e. The van der Waals surface area contributed by atoms with Crippen molar-refractivity contribution in [1.29, 1.82) is 0 Å². The molecule has 0 nitrogen and oxygen atoms in total. The summed E-state index contributed by atoms with van der Waals surface area (Å²) in [6, 6.07) is 0. The lowest BCUT2D eigenvalue weighted by Crippen LogP contribution is -2.10. The van der Waals surface area contributed by atoms with Gasteiger partial charge in [-0.2, -0.15) is 0 Å². The molecular weight excluding hydrogens is 120 g/mol. The minimum absolute atomic E-state index is 0.819. The molecule has 2 saturated carbocycles. The molecule has 2 aliphatic carbocycles. The van der Waals surface area contributed by atoms with Gasteiger partial charge in [0.05, 0.1) is 0 Å². The molecule has 58 valence electrons. The van der Waals surface area contributed by atoms with Crippen LogP contribution >= 0.6 is 0 Å². The Morgan fingerprint density at radius 3 is 1.90 bits per heavy atom. The highest BCUT2D eigenvalue weighted by Crippen LogP contribution is 2.75. The predicted molar refractivity (Wildman–Crippen MR) is 43.8 cm³/mol. The molecule has 2 atom stereocenters. The third kappa shape index (κ3) is 0.500. The van der Waals surface area contributed by atoms with Crippen LogP contribution < -0.4 is 0 Å². The van der Waals surface area contributed by atoms with E-state index in [1.165, 1.54) is 19.3 Å². The smallest absolute Gasteiger partial charge is 0.0215 e. The Hall–Kier alpha value is 0. The number of rotatable bonds is 2. The van der Waals surface area contributed by atoms with Gasteiger partial charge in [0, 0.05) is 0 Å². The Balaban J connectivity index is 2.12. The fourth-order valence-electron chi connectivity index (χ4n) is 3.46. The van der Waals surface area contributed by atoms with Crippen molar-refractivity contribution in [3.8, 4) is 0 Å². The summed E-state index contributed by atoms with van der Waals surface area (Å²) in [5.41, 5.74) is 0.819. The summed E-state index contributed by atoms with van der Waals surface area (Å²) in [5.74, 6) is 3.24. The van der Waals surface area contributed by atoms with Gasteiger partial charge >= 0.3 is 0 Å². The summed E-state index contributed by atoms with van der Waals surface area (Å²) in [4.78, 5) is 0. The van der Waals surface area contributed by atoms with E-state index in [1.54, 1.807) is 0 Å². The van der Waals surface area contributed by atoms with Gasteiger partial charge in [-0.1, -0.05) is 20.8 Å². The molecule has 0 saturated heterocycles. The molecule has 0 aromatic heterocycles. The second-order valence-corrected chi connectivity index (χ2v) is 4.41. The van der Waals surface area contributed by atoms with E-state index < -0.39 is 0 Å². The van der Waals surface area contributed by atoms with Gasteiger partial charge in [0.25, 0.3) is 0 Å². The van der Waals surface area contributed by atoms with Gasteiger partial charge in [-0.25, -0.2) is 0 Å². The molecule has 0 spiro atoms. The summed E-state index contributed by atoms with van der Waals surface area (Å²) in [6.45, 7) is 7.18. The Kier molecular flexibility index (Phi) is 1.19. The van der Waals surface area contributed by atoms with E-state index in [0.717, 1.165) is 23.2 Å². The van der Waals surface area contributed by atoms with Crippen LogP contribution in [0.5, 0.6) is 0 Å². The molecule has 10 heavy (non-hydrogen) atoms. The number of fused-ring (bicyclic) bond motifs is 1. The van der Waals surface area contributed by atoms with Crippen LogP contribution in [0.4, 0.5) is 0 Å². The Morgan fingerprint density at radius 2 is 1.80 bits per heavy atom. The van der Waals surface area contributed by atoms with Gasteiger partial charge in [0.1, 0.15) is 0 Å². The second-order valence-electron chi connectivity index (χ2n) is 4.41. The Labute approximate surface area is 64.0 Å². The molecule has 0 heterocycles. The lowest BCUT2D eigenvalue weighted by Gasteiger charge is -2.17. The van der Waals surface area contributed by atoms with Crippen LogP contribution in [-0.2, 0) is 0 Å². The Morgan fingerprint density at radius 1 is 1.30 bits per heavy atom. The van der Waals surface area contributed by atoms with Crippen molar-refractivity contribution in [2.75, 3.05) is 0 Å². The molecule has 2 fully saturated rings. The molecule has 0 bridgehead atoms. The fraction of sp³-hybridized carbons (Fsp3) is 1.00. The zero-order valence-corrected chi connectivity index (χ0v) is 7.35. The van der Waals surface area contributed by atoms with Crippen LogP contribution in [0.1, 0.15) is 40.0 Å². The van der Waals surface area contributed by atoms with E-state index in [1.807, 2.05) is 0 Å². The Bertz CT molecular complexity index is 131. The first kappa shape index (κ1) is 6.69. The lowest BCUT2D eigenvalue weighted by atomic mass is 9.87. The van der Waals surface area contributed by atoms with Gasteiger partial charge in [-0.05, 0) is 42.4 Å². The van der Waals surface area contributed by atoms with Gasteiger partial charge < -0.3 is 0 Å². The highest BCUT2D eigenvalue weighted by molar-refractivity contribution is 5.16. The van der Waals surface area contributed by atoms with Gasteiger partial charge in [0.2, 0.25) is 0 Å². The highest BCUT2D eigenvalue weighted by atomic mass is 14.7. The van der Waals surface area contributed by atoms with Crippen molar-refractivity contribution >= 4 is 0 Å². The third-order valence-corrected chi connectivity index (χ3v) is 4.23. The molecule has 0 N–H and O–H groups in total. The minimum Gasteiger partial charge on any atom is -0.0648 e. The van der Waals surface area contributed by atoms with Crippen LogP contribution in [0.2, 0.25) is 0 Å². The maximum absolute atomic E-state index is 2.40. The summed E-state index contributed by atoms with van der Waals surface area (Å²) < 4.78 is 0. The summed E-state index contributed by atoms with van der Waals surface area (Å²) in [6.07, 6.45) is 4.51. The van der Waals surface area contributed by atoms with E-state index in [-0.39, 0.29) is 0 Å². The van der Waals surface area contributed by atoms with Crippen molar-refractivity contribution in [2.45, 2.75) is 40.0 Å².